The van der Waals surface area contributed by atoms with E-state index >= 15 is 4.57 Å². The van der Waals surface area contributed by atoms with Crippen molar-refractivity contribution in [2.75, 3.05) is 11.5 Å². The Labute approximate surface area is 467 Å². The summed E-state index contributed by atoms with van der Waals surface area (Å²) < 4.78 is 68.5. The normalized spacial score (nSPS) is 15.6. The Morgan fingerprint density at radius 3 is 1.32 bits per heavy atom. The van der Waals surface area contributed by atoms with Gasteiger partial charge in [0, 0.05) is 12.8 Å². The monoisotopic (exact) mass is 1130 g/mol. The number of carbonyl (C=O) groups excluding carboxylic acids is 4. The Morgan fingerprint density at radius 2 is 0.861 bits per heavy atom. The smallest absolute Gasteiger partial charge is 0.244 e. The molecule has 0 fully saturated rings. The van der Waals surface area contributed by atoms with Gasteiger partial charge in [0.05, 0.1) is 32.8 Å². The molecule has 6 aromatic rings. The molecular formula is C62H79N4O10PS2. The van der Waals surface area contributed by atoms with Gasteiger partial charge in [-0.3, -0.25) is 23.7 Å². The Morgan fingerprint density at radius 1 is 0.456 bits per heavy atom. The molecule has 0 saturated carbocycles. The van der Waals surface area contributed by atoms with Gasteiger partial charge in [-0.05, 0) is 110 Å². The molecule has 6 rings (SSSR count). The second kappa shape index (κ2) is 25.9. The molecule has 0 heterocycles. The van der Waals surface area contributed by atoms with Crippen molar-refractivity contribution in [1.82, 2.24) is 21.3 Å². The first-order valence-corrected chi connectivity index (χ1v) is 32.1. The number of fused-ring (bicyclic) bond motifs is 2. The molecule has 0 spiro atoms. The maximum Gasteiger partial charge on any atom is 0.244 e. The zero-order valence-corrected chi connectivity index (χ0v) is 49.6. The van der Waals surface area contributed by atoms with Gasteiger partial charge in [-0.15, -0.1) is 0 Å². The number of benzene rings is 6. The molecule has 0 aromatic heterocycles. The molecule has 7 atom stereocenters. The van der Waals surface area contributed by atoms with Gasteiger partial charge in [0.25, 0.3) is 0 Å². The minimum Gasteiger partial charge on any atom is -0.344 e. The highest BCUT2D eigenvalue weighted by molar-refractivity contribution is 7.93. The lowest BCUT2D eigenvalue weighted by atomic mass is 9.94. The standard InChI is InChI=1S/C62H79N4O10PS2/c1-41(2)55(65-57(67)50(39-78(73,74)61(5,6)7)35-45-32-33-46-26-17-18-28-48(46)34-45)59(69)63-53(36-43-22-13-11-14-23-43)77(71,72)54(37-44-24-15-12-16-25-44)64-60(70)56(42(3)4)66-58(68)51(40-79(75,76)62(8,9)10)38-49-30-21-29-47-27-19-20-31-52(47)49/h11-34,41-42,50-51,53-56H,35-40H2,1-10H3,(H,63,69)(H,64,70)(H,65,67)(H,66,68)(H,71,72)/t50-,51+,53-,54-,55+,56+/m1/s1. The van der Waals surface area contributed by atoms with E-state index in [1.807, 2.05) is 84.9 Å². The predicted octanol–water partition coefficient (Wildman–Crippen LogP) is 9.36. The van der Waals surface area contributed by atoms with Gasteiger partial charge in [0.2, 0.25) is 31.0 Å². The number of rotatable bonds is 24. The van der Waals surface area contributed by atoms with Crippen molar-refractivity contribution in [3.63, 3.8) is 0 Å². The highest BCUT2D eigenvalue weighted by Gasteiger charge is 2.45. The van der Waals surface area contributed by atoms with Gasteiger partial charge in [-0.25, -0.2) is 16.8 Å². The van der Waals surface area contributed by atoms with Gasteiger partial charge in [-0.1, -0.05) is 173 Å². The van der Waals surface area contributed by atoms with Gasteiger partial charge in [0.15, 0.2) is 19.7 Å². The van der Waals surface area contributed by atoms with Crippen molar-refractivity contribution in [3.05, 3.63) is 168 Å². The molecule has 14 nitrogen and oxygen atoms in total. The predicted molar refractivity (Wildman–Crippen MR) is 317 cm³/mol. The largest absolute Gasteiger partial charge is 0.344 e. The molecule has 0 aliphatic rings. The van der Waals surface area contributed by atoms with Crippen molar-refractivity contribution in [2.45, 2.75) is 128 Å². The molecule has 0 bridgehead atoms. The Kier molecular flexibility index (Phi) is 20.4. The van der Waals surface area contributed by atoms with E-state index < -0.39 is 119 Å². The third-order valence-corrected chi connectivity index (χ3v) is 22.5. The summed E-state index contributed by atoms with van der Waals surface area (Å²) in [6.07, 6.45) is -0.286. The summed E-state index contributed by atoms with van der Waals surface area (Å²) in [6, 6.07) is 41.4. The average molecular weight is 1140 g/mol. The molecule has 0 saturated heterocycles. The van der Waals surface area contributed by atoms with E-state index in [0.29, 0.717) is 11.1 Å². The van der Waals surface area contributed by atoms with Gasteiger partial charge in [0.1, 0.15) is 23.6 Å². The number of amides is 4. The maximum absolute atomic E-state index is 15.7. The van der Waals surface area contributed by atoms with Crippen LogP contribution in [0.25, 0.3) is 21.5 Å². The number of carbonyl (C=O) groups is 4. The molecule has 4 amide bonds. The number of hydrogen-bond donors (Lipinski definition) is 5. The van der Waals surface area contributed by atoms with E-state index in [2.05, 4.69) is 21.3 Å². The number of hydrogen-bond acceptors (Lipinski definition) is 9. The van der Waals surface area contributed by atoms with E-state index in [1.165, 1.54) is 0 Å². The van der Waals surface area contributed by atoms with E-state index in [-0.39, 0.29) is 25.7 Å². The van der Waals surface area contributed by atoms with Crippen LogP contribution in [0.15, 0.2) is 146 Å². The molecule has 0 aliphatic carbocycles. The summed E-state index contributed by atoms with van der Waals surface area (Å²) in [5, 5.41) is 15.0. The molecular weight excluding hydrogens is 1060 g/mol. The summed E-state index contributed by atoms with van der Waals surface area (Å²) in [6.45, 7) is 16.2. The van der Waals surface area contributed by atoms with E-state index in [9.17, 15) is 40.9 Å². The summed E-state index contributed by atoms with van der Waals surface area (Å²) in [5.41, 5.74) is 2.62. The Hall–Kier alpha value is -6.19. The SMILES string of the molecule is CC(C)[C@H](NC(=O)[C@H](Cc1ccc2ccccc2c1)CS(=O)(=O)C(C)(C)C)C(=O)N[C@@H](Cc1ccccc1)P(=O)(O)[C@H](Cc1ccccc1)NC(=O)[C@@H](NC(=O)[C@@H](Cc1cccc2ccccc12)CS(=O)(=O)C(C)(C)C)C(C)C. The molecule has 6 aromatic carbocycles. The fourth-order valence-corrected chi connectivity index (χ4v) is 14.0. The van der Waals surface area contributed by atoms with E-state index in [1.54, 1.807) is 130 Å². The maximum atomic E-state index is 15.7. The van der Waals surface area contributed by atoms with Crippen LogP contribution in [0, 0.1) is 23.7 Å². The zero-order chi connectivity index (χ0) is 58.1. The summed E-state index contributed by atoms with van der Waals surface area (Å²) >= 11 is 0. The average Bonchev–Trinajstić information content (AvgIpc) is 3.41. The van der Waals surface area contributed by atoms with Crippen molar-refractivity contribution in [3.8, 4) is 0 Å². The minimum absolute atomic E-state index is 0.0389. The van der Waals surface area contributed by atoms with Gasteiger partial charge in [-0.2, -0.15) is 0 Å². The first kappa shape index (κ1) is 62.0. The second-order valence-electron chi connectivity index (χ2n) is 23.5. The fraction of sp³-hybridized carbons (Fsp3) is 0.419. The van der Waals surface area contributed by atoms with Crippen LogP contribution in [0.1, 0.15) is 91.5 Å². The minimum atomic E-state index is -4.87. The highest BCUT2D eigenvalue weighted by atomic mass is 32.2. The molecule has 424 valence electrons. The summed E-state index contributed by atoms with van der Waals surface area (Å²) in [4.78, 5) is 71.6. The number of sulfone groups is 2. The van der Waals surface area contributed by atoms with Crippen LogP contribution in [0.2, 0.25) is 0 Å². The number of nitrogens with one attached hydrogen (secondary N) is 4. The van der Waals surface area contributed by atoms with E-state index in [0.717, 1.165) is 32.7 Å². The zero-order valence-electron chi connectivity index (χ0n) is 47.1. The Balaban J connectivity index is 1.32. The van der Waals surface area contributed by atoms with Crippen LogP contribution in [-0.2, 0) is 69.1 Å². The van der Waals surface area contributed by atoms with Crippen LogP contribution in [-0.4, -0.2) is 90.0 Å². The van der Waals surface area contributed by atoms with Crippen LogP contribution in [0.4, 0.5) is 0 Å². The van der Waals surface area contributed by atoms with Crippen LogP contribution in [0.5, 0.6) is 0 Å². The lowest BCUT2D eigenvalue weighted by molar-refractivity contribution is -0.132. The van der Waals surface area contributed by atoms with Crippen molar-refractivity contribution in [1.29, 1.82) is 0 Å². The third-order valence-electron chi connectivity index (χ3n) is 14.6. The summed E-state index contributed by atoms with van der Waals surface area (Å²) in [5.74, 6) is -10.6. The van der Waals surface area contributed by atoms with Gasteiger partial charge < -0.3 is 26.2 Å². The topological polar surface area (TPSA) is 222 Å². The third kappa shape index (κ3) is 16.2. The van der Waals surface area contributed by atoms with E-state index in [4.69, 9.17) is 0 Å². The molecule has 79 heavy (non-hydrogen) atoms. The lowest BCUT2D eigenvalue weighted by Gasteiger charge is -2.34. The van der Waals surface area contributed by atoms with Gasteiger partial charge >= 0.3 is 0 Å². The second-order valence-corrected chi connectivity index (χ2v) is 31.6. The first-order chi connectivity index (χ1) is 37.0. The Bertz CT molecular complexity index is 3370. The molecule has 0 aliphatic heterocycles. The van der Waals surface area contributed by atoms with Crippen LogP contribution >= 0.6 is 7.37 Å². The highest BCUT2D eigenvalue weighted by Crippen LogP contribution is 2.51. The van der Waals surface area contributed by atoms with Crippen LogP contribution in [0.3, 0.4) is 0 Å². The van der Waals surface area contributed by atoms with Crippen molar-refractivity contribution >= 4 is 72.2 Å². The fourth-order valence-electron chi connectivity index (χ4n) is 9.43. The quantitative estimate of drug-likeness (QED) is 0.0361. The molecule has 17 heteroatoms. The molecule has 5 N–H and O–H groups in total. The molecule has 0 radical (unpaired) electrons. The summed E-state index contributed by atoms with van der Waals surface area (Å²) in [7, 11) is -12.6. The lowest BCUT2D eigenvalue weighted by Crippen LogP contribution is -2.56. The van der Waals surface area contributed by atoms with Crippen molar-refractivity contribution < 1.29 is 45.5 Å². The van der Waals surface area contributed by atoms with Crippen molar-refractivity contribution in [2.24, 2.45) is 23.7 Å². The first-order valence-electron chi connectivity index (χ1n) is 27.0. The molecule has 1 unspecified atom stereocenters. The van der Waals surface area contributed by atoms with Crippen LogP contribution < -0.4 is 21.3 Å².